The number of anilines is 1. The number of nitrogens with one attached hydrogen (secondary N) is 1. The van der Waals surface area contributed by atoms with E-state index in [2.05, 4.69) is 35.1 Å². The molecule has 0 fully saturated rings. The van der Waals surface area contributed by atoms with Gasteiger partial charge in [-0.3, -0.25) is 0 Å². The second kappa shape index (κ2) is 7.45. The van der Waals surface area contributed by atoms with Crippen molar-refractivity contribution < 1.29 is 19.0 Å². The van der Waals surface area contributed by atoms with Crippen LogP contribution in [-0.2, 0) is 4.74 Å². The fourth-order valence-corrected chi connectivity index (χ4v) is 1.94. The van der Waals surface area contributed by atoms with E-state index in [1.54, 1.807) is 0 Å². The summed E-state index contributed by atoms with van der Waals surface area (Å²) >= 11 is 2.95. The smallest absolute Gasteiger partial charge is 0.336 e. The maximum atomic E-state index is 13.8. The summed E-state index contributed by atoms with van der Waals surface area (Å²) in [5, 5.41) is 11.7. The lowest BCUT2D eigenvalue weighted by Crippen LogP contribution is -2.13. The molecular weight excluding hydrogens is 317 g/mol. The lowest BCUT2D eigenvalue weighted by Gasteiger charge is -2.11. The average Bonchev–Trinajstić information content (AvgIpc) is 2.33. The summed E-state index contributed by atoms with van der Waals surface area (Å²) in [5.41, 5.74) is 0.157. The molecule has 0 saturated carbocycles. The van der Waals surface area contributed by atoms with Crippen molar-refractivity contribution in [1.82, 2.24) is 0 Å². The van der Waals surface area contributed by atoms with Crippen LogP contribution in [0.5, 0.6) is 0 Å². The topological polar surface area (TPSA) is 58.6 Å². The average molecular weight is 334 g/mol. The van der Waals surface area contributed by atoms with Crippen molar-refractivity contribution in [2.24, 2.45) is 5.92 Å². The molecule has 0 aliphatic carbocycles. The third kappa shape index (κ3) is 4.80. The number of carboxylic acids is 1. The normalized spacial score (nSPS) is 10.8. The highest BCUT2D eigenvalue weighted by molar-refractivity contribution is 9.10. The van der Waals surface area contributed by atoms with Gasteiger partial charge in [0.15, 0.2) is 5.82 Å². The molecule has 1 rings (SSSR count). The molecule has 0 radical (unpaired) electrons. The van der Waals surface area contributed by atoms with E-state index in [0.29, 0.717) is 25.7 Å². The summed E-state index contributed by atoms with van der Waals surface area (Å²) in [5.74, 6) is -1.32. The van der Waals surface area contributed by atoms with Crippen molar-refractivity contribution in [3.8, 4) is 0 Å². The van der Waals surface area contributed by atoms with Gasteiger partial charge < -0.3 is 15.2 Å². The summed E-state index contributed by atoms with van der Waals surface area (Å²) < 4.78 is 19.2. The Balaban J connectivity index is 2.56. The van der Waals surface area contributed by atoms with E-state index in [1.165, 1.54) is 12.1 Å². The Hall–Kier alpha value is -1.14. The van der Waals surface area contributed by atoms with Gasteiger partial charge in [-0.15, -0.1) is 0 Å². The van der Waals surface area contributed by atoms with Crippen molar-refractivity contribution >= 4 is 27.6 Å². The predicted octanol–water partition coefficient (Wildman–Crippen LogP) is 3.37. The molecule has 106 valence electrons. The minimum absolute atomic E-state index is 0.0481. The fraction of sp³-hybridized carbons (Fsp3) is 0.462. The third-order valence-corrected chi connectivity index (χ3v) is 3.10. The molecule has 0 atom stereocenters. The first kappa shape index (κ1) is 15.9. The molecule has 19 heavy (non-hydrogen) atoms. The number of carboxylic acid groups (broad SMARTS) is 1. The first-order chi connectivity index (χ1) is 8.93. The van der Waals surface area contributed by atoms with Crippen LogP contribution < -0.4 is 5.32 Å². The maximum absolute atomic E-state index is 13.8. The van der Waals surface area contributed by atoms with Crippen LogP contribution in [0.15, 0.2) is 16.6 Å². The van der Waals surface area contributed by atoms with Gasteiger partial charge >= 0.3 is 5.97 Å². The molecule has 0 heterocycles. The Morgan fingerprint density at radius 3 is 2.79 bits per heavy atom. The Morgan fingerprint density at radius 2 is 2.21 bits per heavy atom. The highest BCUT2D eigenvalue weighted by Gasteiger charge is 2.15. The molecular formula is C13H17BrFNO3. The van der Waals surface area contributed by atoms with Crippen LogP contribution in [0.1, 0.15) is 24.2 Å². The SMILES string of the molecule is CC(C)COCCNc1ccc(C(=O)O)c(Br)c1F. The zero-order valence-electron chi connectivity index (χ0n) is 10.9. The van der Waals surface area contributed by atoms with Gasteiger partial charge in [0.1, 0.15) is 0 Å². The van der Waals surface area contributed by atoms with E-state index in [0.717, 1.165) is 0 Å². The standard InChI is InChI=1S/C13H17BrFNO3/c1-8(2)7-19-6-5-16-10-4-3-9(13(17)18)11(14)12(10)15/h3-4,8,16H,5-7H2,1-2H3,(H,17,18). The van der Waals surface area contributed by atoms with Crippen LogP contribution in [0.25, 0.3) is 0 Å². The quantitative estimate of drug-likeness (QED) is 0.751. The molecule has 2 N–H and O–H groups in total. The highest BCUT2D eigenvalue weighted by Crippen LogP contribution is 2.26. The fourth-order valence-electron chi connectivity index (χ4n) is 1.43. The minimum Gasteiger partial charge on any atom is -0.478 e. The van der Waals surface area contributed by atoms with Crippen LogP contribution >= 0.6 is 15.9 Å². The molecule has 0 saturated heterocycles. The molecule has 0 amide bonds. The lowest BCUT2D eigenvalue weighted by molar-refractivity contribution is 0.0695. The molecule has 6 heteroatoms. The Labute approximate surface area is 120 Å². The number of rotatable bonds is 7. The first-order valence-corrected chi connectivity index (χ1v) is 6.75. The van der Waals surface area contributed by atoms with Crippen LogP contribution in [-0.4, -0.2) is 30.8 Å². The maximum Gasteiger partial charge on any atom is 0.336 e. The van der Waals surface area contributed by atoms with Crippen molar-refractivity contribution in [3.05, 3.63) is 28.0 Å². The molecule has 1 aromatic carbocycles. The van der Waals surface area contributed by atoms with Crippen molar-refractivity contribution in [3.63, 3.8) is 0 Å². The second-order valence-corrected chi connectivity index (χ2v) is 5.28. The first-order valence-electron chi connectivity index (χ1n) is 5.96. The van der Waals surface area contributed by atoms with Crippen LogP contribution in [0.2, 0.25) is 0 Å². The Bertz CT molecular complexity index is 452. The minimum atomic E-state index is -1.17. The van der Waals surface area contributed by atoms with Crippen LogP contribution in [0, 0.1) is 11.7 Å². The third-order valence-electron chi connectivity index (χ3n) is 2.33. The molecule has 0 unspecified atom stereocenters. The van der Waals surface area contributed by atoms with E-state index in [4.69, 9.17) is 9.84 Å². The van der Waals surface area contributed by atoms with Gasteiger partial charge in [0.2, 0.25) is 0 Å². The van der Waals surface area contributed by atoms with Crippen molar-refractivity contribution in [1.29, 1.82) is 0 Å². The zero-order valence-corrected chi connectivity index (χ0v) is 12.5. The largest absolute Gasteiger partial charge is 0.478 e. The number of halogens is 2. The van der Waals surface area contributed by atoms with E-state index >= 15 is 0 Å². The number of hydrogen-bond acceptors (Lipinski definition) is 3. The van der Waals surface area contributed by atoms with Gasteiger partial charge in [-0.2, -0.15) is 0 Å². The van der Waals surface area contributed by atoms with Gasteiger partial charge in [0, 0.05) is 13.2 Å². The van der Waals surface area contributed by atoms with E-state index in [-0.39, 0.29) is 15.7 Å². The van der Waals surface area contributed by atoms with Crippen molar-refractivity contribution in [2.75, 3.05) is 25.1 Å². The molecule has 1 aromatic rings. The lowest BCUT2D eigenvalue weighted by atomic mass is 10.2. The number of benzene rings is 1. The summed E-state index contributed by atoms with van der Waals surface area (Å²) in [6.45, 7) is 5.69. The van der Waals surface area contributed by atoms with E-state index in [9.17, 15) is 9.18 Å². The predicted molar refractivity (Wildman–Crippen MR) is 75.2 cm³/mol. The summed E-state index contributed by atoms with van der Waals surface area (Å²) in [6, 6.07) is 2.76. The molecule has 0 aliphatic heterocycles. The Kier molecular flexibility index (Phi) is 6.24. The molecule has 0 aliphatic rings. The molecule has 0 bridgehead atoms. The Morgan fingerprint density at radius 1 is 1.53 bits per heavy atom. The molecule has 0 spiro atoms. The van der Waals surface area contributed by atoms with Gasteiger partial charge in [-0.25, -0.2) is 9.18 Å². The number of carbonyl (C=O) groups is 1. The number of aromatic carboxylic acids is 1. The van der Waals surface area contributed by atoms with E-state index in [1.807, 2.05) is 0 Å². The monoisotopic (exact) mass is 333 g/mol. The summed E-state index contributed by atoms with van der Waals surface area (Å²) in [7, 11) is 0. The molecule has 4 nitrogen and oxygen atoms in total. The second-order valence-electron chi connectivity index (χ2n) is 4.49. The summed E-state index contributed by atoms with van der Waals surface area (Å²) in [4.78, 5) is 10.8. The van der Waals surface area contributed by atoms with E-state index < -0.39 is 11.8 Å². The van der Waals surface area contributed by atoms with Gasteiger partial charge in [-0.1, -0.05) is 13.8 Å². The zero-order chi connectivity index (χ0) is 14.4. The van der Waals surface area contributed by atoms with Gasteiger partial charge in [0.25, 0.3) is 0 Å². The highest BCUT2D eigenvalue weighted by atomic mass is 79.9. The van der Waals surface area contributed by atoms with Gasteiger partial charge in [-0.05, 0) is 34.0 Å². The number of hydrogen-bond donors (Lipinski definition) is 2. The molecule has 0 aromatic heterocycles. The van der Waals surface area contributed by atoms with Gasteiger partial charge in [0.05, 0.1) is 22.3 Å². The van der Waals surface area contributed by atoms with Crippen molar-refractivity contribution in [2.45, 2.75) is 13.8 Å². The number of ether oxygens (including phenoxy) is 1. The summed E-state index contributed by atoms with van der Waals surface area (Å²) in [6.07, 6.45) is 0. The van der Waals surface area contributed by atoms with Crippen LogP contribution in [0.4, 0.5) is 10.1 Å². The van der Waals surface area contributed by atoms with Crippen LogP contribution in [0.3, 0.4) is 0 Å².